The van der Waals surface area contributed by atoms with E-state index in [9.17, 15) is 37.0 Å². The number of fused-ring (bicyclic) bond motifs is 1. The molecule has 0 aliphatic rings. The quantitative estimate of drug-likeness (QED) is 0.301. The van der Waals surface area contributed by atoms with Gasteiger partial charge >= 0.3 is 19.9 Å². The van der Waals surface area contributed by atoms with Crippen LogP contribution in [0.3, 0.4) is 0 Å². The molecule has 1 amide bonds. The number of thiazole rings is 1. The Morgan fingerprint density at radius 3 is 2.54 bits per heavy atom. The minimum atomic E-state index is -5.00. The number of nitrogens with zero attached hydrogens (tertiary/aromatic N) is 4. The number of aryl methyl sites for hydroxylation is 2. The smallest absolute Gasteiger partial charge is 0.444 e. The summed E-state index contributed by atoms with van der Waals surface area (Å²) in [5, 5.41) is 0.896. The van der Waals surface area contributed by atoms with Crippen molar-refractivity contribution in [2.24, 2.45) is 19.1 Å². The second kappa shape index (κ2) is 11.0. The molecule has 4 aromatic rings. The lowest BCUT2D eigenvalue weighted by molar-refractivity contribution is -0.274. The summed E-state index contributed by atoms with van der Waals surface area (Å²) < 4.78 is 71.7. The average Bonchev–Trinajstić information content (AvgIpc) is 3.42. The number of carbonyl (C=O) groups excluding carboxylic acids is 1. The predicted molar refractivity (Wildman–Crippen MR) is 139 cm³/mol. The number of rotatable bonds is 7. The molecule has 4 rings (SSSR count). The summed E-state index contributed by atoms with van der Waals surface area (Å²) in [5.41, 5.74) is -1.10. The number of ether oxygens (including phenoxy) is 1. The summed E-state index contributed by atoms with van der Waals surface area (Å²) in [6.45, 7) is 1.50. The molecule has 13 nitrogen and oxygen atoms in total. The van der Waals surface area contributed by atoms with Crippen LogP contribution in [0.25, 0.3) is 22.4 Å². The number of benzene rings is 1. The summed E-state index contributed by atoms with van der Waals surface area (Å²) in [6.07, 6.45) is -5.46. The van der Waals surface area contributed by atoms with E-state index in [1.807, 2.05) is 0 Å². The Hall–Kier alpha value is -3.63. The minimum Gasteiger partial charge on any atom is -0.444 e. The monoisotopic (exact) mass is 638 g/mol. The molecule has 0 bridgehead atoms. The van der Waals surface area contributed by atoms with Crippen molar-refractivity contribution in [2.45, 2.75) is 19.7 Å². The first-order valence-electron chi connectivity index (χ1n) is 11.1. The Morgan fingerprint density at radius 2 is 1.93 bits per heavy atom. The molecule has 0 aliphatic carbocycles. The summed E-state index contributed by atoms with van der Waals surface area (Å²) >= 11 is 6.72. The Labute approximate surface area is 235 Å². The molecule has 0 aliphatic heterocycles. The maximum atomic E-state index is 13.0. The summed E-state index contributed by atoms with van der Waals surface area (Å²) in [7, 11) is -1.20. The van der Waals surface area contributed by atoms with Gasteiger partial charge in [0.15, 0.2) is 0 Å². The SMILES string of the molecule is COP(=O)(O)On1c(-c2ccc(OC(F)(F)F)c(Cl)c2)csc1=NC(=O)Cc1c(C)oc2c1c(=O)n(C)c(=O)n2C. The lowest BCUT2D eigenvalue weighted by Gasteiger charge is -2.14. The maximum absolute atomic E-state index is 13.0. The van der Waals surface area contributed by atoms with Crippen LogP contribution in [0.1, 0.15) is 11.3 Å². The zero-order chi connectivity index (χ0) is 30.4. The molecular formula is C22H19ClF3N4O9PS. The van der Waals surface area contributed by atoms with Crippen molar-refractivity contribution in [3.8, 4) is 17.0 Å². The van der Waals surface area contributed by atoms with Gasteiger partial charge in [-0.3, -0.25) is 28.1 Å². The minimum absolute atomic E-state index is 0.00157. The van der Waals surface area contributed by atoms with Crippen molar-refractivity contribution >= 4 is 47.8 Å². The second-order valence-corrected chi connectivity index (χ2v) is 11.0. The Bertz CT molecular complexity index is 1920. The molecule has 0 saturated heterocycles. The van der Waals surface area contributed by atoms with Crippen LogP contribution in [0.15, 0.2) is 42.6 Å². The van der Waals surface area contributed by atoms with Crippen molar-refractivity contribution in [2.75, 3.05) is 7.11 Å². The normalized spacial score (nSPS) is 13.9. The second-order valence-electron chi connectivity index (χ2n) is 8.33. The fraction of sp³-hybridized carbons (Fsp3) is 0.273. The summed E-state index contributed by atoms with van der Waals surface area (Å²) in [5.74, 6) is -1.34. The van der Waals surface area contributed by atoms with Gasteiger partial charge < -0.3 is 13.8 Å². The van der Waals surface area contributed by atoms with E-state index in [0.29, 0.717) is 4.73 Å². The van der Waals surface area contributed by atoms with Crippen LogP contribution < -0.4 is 25.4 Å². The Balaban J connectivity index is 1.79. The number of carbonyl (C=O) groups is 1. The standard InChI is InChI=1S/C22H19ClF3N4O9PS/c1-10-12(17-18(32)28(2)21(33)29(3)19(17)37-10)8-16(31)27-20-30(39-40(34,35)36-4)14(9-41-20)11-5-6-15(13(23)7-11)38-22(24,25)26/h5-7,9H,8H2,1-4H3,(H,34,35). The van der Waals surface area contributed by atoms with Crippen molar-refractivity contribution in [1.29, 1.82) is 0 Å². The van der Waals surface area contributed by atoms with Crippen LogP contribution in [0.5, 0.6) is 5.75 Å². The highest BCUT2D eigenvalue weighted by molar-refractivity contribution is 7.47. The Kier molecular flexibility index (Phi) is 8.12. The van der Waals surface area contributed by atoms with Gasteiger partial charge in [0.25, 0.3) is 11.5 Å². The van der Waals surface area contributed by atoms with Crippen LogP contribution in [0.4, 0.5) is 13.2 Å². The number of furan rings is 1. The third-order valence-electron chi connectivity index (χ3n) is 5.67. The molecule has 1 unspecified atom stereocenters. The average molecular weight is 639 g/mol. The highest BCUT2D eigenvalue weighted by Gasteiger charge is 2.32. The van der Waals surface area contributed by atoms with Gasteiger partial charge in [0, 0.05) is 37.7 Å². The number of hydrogen-bond donors (Lipinski definition) is 1. The fourth-order valence-corrected chi connectivity index (χ4v) is 5.29. The van der Waals surface area contributed by atoms with Crippen LogP contribution in [-0.4, -0.2) is 38.1 Å². The number of phosphoric ester groups is 1. The highest BCUT2D eigenvalue weighted by Crippen LogP contribution is 2.40. The number of hydrogen-bond acceptors (Lipinski definition) is 9. The largest absolute Gasteiger partial charge is 0.573 e. The number of amides is 1. The number of aromatic nitrogens is 3. The number of phosphoric acid groups is 1. The topological polar surface area (TPSA) is 156 Å². The van der Waals surface area contributed by atoms with E-state index in [4.69, 9.17) is 20.6 Å². The van der Waals surface area contributed by atoms with Gasteiger partial charge in [-0.15, -0.1) is 29.2 Å². The molecule has 0 spiro atoms. The molecular weight excluding hydrogens is 620 g/mol. The van der Waals surface area contributed by atoms with Crippen molar-refractivity contribution in [3.05, 3.63) is 65.6 Å². The van der Waals surface area contributed by atoms with E-state index in [-0.39, 0.29) is 38.5 Å². The van der Waals surface area contributed by atoms with Gasteiger partial charge in [-0.2, -0.15) is 4.99 Å². The van der Waals surface area contributed by atoms with Gasteiger partial charge in [0.2, 0.25) is 10.5 Å². The summed E-state index contributed by atoms with van der Waals surface area (Å²) in [4.78, 5) is 51.6. The van der Waals surface area contributed by atoms with E-state index in [0.717, 1.165) is 45.8 Å². The van der Waals surface area contributed by atoms with Gasteiger partial charge in [-0.25, -0.2) is 9.36 Å². The van der Waals surface area contributed by atoms with Crippen molar-refractivity contribution < 1.29 is 45.7 Å². The summed E-state index contributed by atoms with van der Waals surface area (Å²) in [6, 6.07) is 3.16. The van der Waals surface area contributed by atoms with Crippen LogP contribution >= 0.6 is 30.8 Å². The number of halogens is 4. The van der Waals surface area contributed by atoms with E-state index in [2.05, 4.69) is 14.3 Å². The zero-order valence-electron chi connectivity index (χ0n) is 21.4. The third-order valence-corrected chi connectivity index (χ3v) is 7.61. The van der Waals surface area contributed by atoms with E-state index in [1.54, 1.807) is 0 Å². The van der Waals surface area contributed by atoms with Gasteiger partial charge in [0.1, 0.15) is 22.6 Å². The lowest BCUT2D eigenvalue weighted by Crippen LogP contribution is -2.36. The molecule has 0 fully saturated rings. The highest BCUT2D eigenvalue weighted by atomic mass is 35.5. The predicted octanol–water partition coefficient (Wildman–Crippen LogP) is 3.07. The molecule has 3 aromatic heterocycles. The maximum Gasteiger partial charge on any atom is 0.573 e. The molecule has 0 saturated carbocycles. The zero-order valence-corrected chi connectivity index (χ0v) is 23.9. The van der Waals surface area contributed by atoms with Crippen molar-refractivity contribution in [3.63, 3.8) is 0 Å². The van der Waals surface area contributed by atoms with Gasteiger partial charge in [-0.1, -0.05) is 11.6 Å². The van der Waals surface area contributed by atoms with E-state index in [1.165, 1.54) is 26.4 Å². The molecule has 1 aromatic carbocycles. The third kappa shape index (κ3) is 6.18. The first kappa shape index (κ1) is 30.3. The lowest BCUT2D eigenvalue weighted by atomic mass is 10.1. The molecule has 3 heterocycles. The molecule has 1 atom stereocenters. The molecule has 41 heavy (non-hydrogen) atoms. The van der Waals surface area contributed by atoms with Crippen LogP contribution in [0.2, 0.25) is 5.02 Å². The number of alkyl halides is 3. The first-order valence-corrected chi connectivity index (χ1v) is 13.9. The Morgan fingerprint density at radius 1 is 1.24 bits per heavy atom. The fourth-order valence-electron chi connectivity index (χ4n) is 3.74. The first-order chi connectivity index (χ1) is 19.0. The molecule has 19 heteroatoms. The molecule has 1 N–H and O–H groups in total. The van der Waals surface area contributed by atoms with E-state index >= 15 is 0 Å². The van der Waals surface area contributed by atoms with E-state index < -0.39 is 48.5 Å². The van der Waals surface area contributed by atoms with Crippen LogP contribution in [-0.2, 0) is 34.4 Å². The molecule has 220 valence electrons. The van der Waals surface area contributed by atoms with Crippen molar-refractivity contribution in [1.82, 2.24) is 13.9 Å². The molecule has 0 radical (unpaired) electrons. The van der Waals surface area contributed by atoms with Gasteiger partial charge in [-0.05, 0) is 25.1 Å². The van der Waals surface area contributed by atoms with Crippen LogP contribution in [0, 0.1) is 6.92 Å². The van der Waals surface area contributed by atoms with Gasteiger partial charge in [0.05, 0.1) is 11.4 Å².